The molecule has 28 heteroatoms. The van der Waals surface area contributed by atoms with Crippen molar-refractivity contribution in [1.29, 1.82) is 0 Å². The number of carbonyl (C=O) groups excluding carboxylic acids is 4. The van der Waals surface area contributed by atoms with Crippen LogP contribution in [0.5, 0.6) is 0 Å². The Morgan fingerprint density at radius 1 is 0.635 bits per heavy atom. The summed E-state index contributed by atoms with van der Waals surface area (Å²) >= 11 is 0. The van der Waals surface area contributed by atoms with E-state index in [4.69, 9.17) is 33.2 Å². The van der Waals surface area contributed by atoms with Gasteiger partial charge >= 0.3 is 5.97 Å². The molecule has 4 aliphatic heterocycles. The largest absolute Gasteiger partial charge is 0.477 e. The zero-order valence-corrected chi connectivity index (χ0v) is 34.3. The number of aliphatic hydroxyl groups excluding tert-OH is 11. The Labute approximate surface area is 357 Å². The minimum atomic E-state index is -2.93. The highest BCUT2D eigenvalue weighted by atomic mass is 16.8. The summed E-state index contributed by atoms with van der Waals surface area (Å²) < 4.78 is 40.1. The van der Waals surface area contributed by atoms with Gasteiger partial charge < -0.3 is 116 Å². The van der Waals surface area contributed by atoms with Crippen LogP contribution in [-0.4, -0.2) is 245 Å². The third-order valence-electron chi connectivity index (χ3n) is 10.8. The average Bonchev–Trinajstić information content (AvgIpc) is 3.21. The van der Waals surface area contributed by atoms with Gasteiger partial charge in [-0.25, -0.2) is 4.79 Å². The molecule has 63 heavy (non-hydrogen) atoms. The molecule has 4 heterocycles. The van der Waals surface area contributed by atoms with Gasteiger partial charge in [-0.2, -0.15) is 0 Å². The van der Waals surface area contributed by atoms with Crippen molar-refractivity contribution in [3.63, 3.8) is 0 Å². The van der Waals surface area contributed by atoms with Crippen molar-refractivity contribution in [2.45, 2.75) is 162 Å². The van der Waals surface area contributed by atoms with Crippen LogP contribution in [0.15, 0.2) is 0 Å². The van der Waals surface area contributed by atoms with Gasteiger partial charge in [0.1, 0.15) is 91.4 Å². The highest BCUT2D eigenvalue weighted by molar-refractivity contribution is 5.77. The summed E-state index contributed by atoms with van der Waals surface area (Å²) in [5, 5.41) is 137. The quantitative estimate of drug-likeness (QED) is 0.0644. The maximum absolute atomic E-state index is 12.7. The van der Waals surface area contributed by atoms with Crippen LogP contribution in [0.1, 0.15) is 34.1 Å². The number of aliphatic carboxylic acids is 1. The van der Waals surface area contributed by atoms with Gasteiger partial charge in [0.05, 0.1) is 38.6 Å². The van der Waals surface area contributed by atoms with E-state index in [1.54, 1.807) is 0 Å². The molecule has 28 nitrogen and oxygen atoms in total. The first kappa shape index (κ1) is 52.3. The van der Waals surface area contributed by atoms with Crippen molar-refractivity contribution in [2.75, 3.05) is 26.4 Å². The lowest BCUT2D eigenvalue weighted by Crippen LogP contribution is -2.71. The summed E-state index contributed by atoms with van der Waals surface area (Å²) in [7, 11) is 0. The summed E-state index contributed by atoms with van der Waals surface area (Å²) in [5.74, 6) is -7.92. The van der Waals surface area contributed by atoms with E-state index in [0.29, 0.717) is 0 Å². The van der Waals surface area contributed by atoms with Crippen LogP contribution in [0.3, 0.4) is 0 Å². The molecule has 4 aliphatic rings. The van der Waals surface area contributed by atoms with E-state index >= 15 is 0 Å². The molecule has 0 bridgehead atoms. The molecular weight excluding hydrogens is 860 g/mol. The number of aliphatic hydroxyl groups is 11. The minimum Gasteiger partial charge on any atom is -0.477 e. The average molecular weight is 919 g/mol. The molecule has 0 aromatic heterocycles. The maximum atomic E-state index is 12.7. The number of hydrogen-bond acceptors (Lipinski definition) is 23. The van der Waals surface area contributed by atoms with E-state index in [2.05, 4.69) is 21.3 Å². The second-order valence-corrected chi connectivity index (χ2v) is 15.5. The lowest BCUT2D eigenvalue weighted by molar-refractivity contribution is -0.357. The van der Waals surface area contributed by atoms with Gasteiger partial charge in [-0.1, -0.05) is 0 Å². The van der Waals surface area contributed by atoms with Gasteiger partial charge in [-0.15, -0.1) is 0 Å². The Morgan fingerprint density at radius 2 is 1.08 bits per heavy atom. The van der Waals surface area contributed by atoms with Crippen molar-refractivity contribution in [3.8, 4) is 0 Å². The van der Waals surface area contributed by atoms with Crippen LogP contribution >= 0.6 is 0 Å². The standard InChI is InChI=1S/C35H58N4O24/c1-10(43)36-19-14(47)5-35(34(55)56,63-30(19)23(49)15(48)6-40)57-9-18-24(50)25(51)21(38-12(3)45)32(60-18)62-29-17(8-42)59-33(22(27(29)53)39-13(4)46)61-28-16(7-41)58-31(54)20(26(28)52)37-11(2)44/h14-33,40-42,47-54H,5-9H2,1-4H3,(H,36,43)(H,37,44)(H,38,45)(H,39,46)(H,55,56)/t14-,15+,16+,17+,18+,19+,20+,21+,22+,23+,24+,25+,26+,27+,28+,29+,30+,31+,32-,33-,35+/m0/s1. The van der Waals surface area contributed by atoms with Crippen LogP contribution in [0.2, 0.25) is 0 Å². The van der Waals surface area contributed by atoms with Crippen LogP contribution in [0.25, 0.3) is 0 Å². The second-order valence-electron chi connectivity index (χ2n) is 15.5. The Bertz CT molecular complexity index is 1580. The molecule has 4 amide bonds. The molecule has 4 fully saturated rings. The third kappa shape index (κ3) is 12.1. The zero-order valence-electron chi connectivity index (χ0n) is 34.3. The lowest BCUT2D eigenvalue weighted by Gasteiger charge is -2.50. The lowest BCUT2D eigenvalue weighted by atomic mass is 9.88. The fourth-order valence-electron chi connectivity index (χ4n) is 7.76. The van der Waals surface area contributed by atoms with Gasteiger partial charge in [0.15, 0.2) is 18.9 Å². The Hall–Kier alpha value is -3.37. The van der Waals surface area contributed by atoms with Gasteiger partial charge in [-0.3, -0.25) is 19.2 Å². The summed E-state index contributed by atoms with van der Waals surface area (Å²) in [6.45, 7) is 0.188. The molecular formula is C35H58N4O24. The van der Waals surface area contributed by atoms with Crippen molar-refractivity contribution in [1.82, 2.24) is 21.3 Å². The molecule has 0 aliphatic carbocycles. The van der Waals surface area contributed by atoms with Crippen molar-refractivity contribution >= 4 is 29.6 Å². The van der Waals surface area contributed by atoms with E-state index in [1.165, 1.54) is 0 Å². The smallest absolute Gasteiger partial charge is 0.364 e. The number of carboxylic acid groups (broad SMARTS) is 1. The van der Waals surface area contributed by atoms with Crippen LogP contribution in [-0.2, 0) is 57.1 Å². The van der Waals surface area contributed by atoms with Gasteiger partial charge in [0.2, 0.25) is 23.6 Å². The molecule has 0 spiro atoms. The number of nitrogens with one attached hydrogen (secondary N) is 4. The number of carboxylic acids is 1. The topological polar surface area (TPSA) is 441 Å². The van der Waals surface area contributed by atoms with E-state index in [1.807, 2.05) is 0 Å². The Balaban J connectivity index is 1.63. The zero-order chi connectivity index (χ0) is 47.2. The molecule has 0 aromatic rings. The minimum absolute atomic E-state index is 0.694. The highest BCUT2D eigenvalue weighted by Gasteiger charge is 2.58. The first-order chi connectivity index (χ1) is 29.5. The third-order valence-corrected chi connectivity index (χ3v) is 10.8. The normalized spacial score (nSPS) is 41.7. The van der Waals surface area contributed by atoms with Crippen molar-refractivity contribution < 1.29 is 118 Å². The van der Waals surface area contributed by atoms with Crippen molar-refractivity contribution in [2.24, 2.45) is 0 Å². The first-order valence-electron chi connectivity index (χ1n) is 19.7. The molecule has 362 valence electrons. The molecule has 4 rings (SSSR count). The summed E-state index contributed by atoms with van der Waals surface area (Å²) in [6, 6.07) is -6.44. The number of amides is 4. The van der Waals surface area contributed by atoms with E-state index in [-0.39, 0.29) is 0 Å². The van der Waals surface area contributed by atoms with Crippen LogP contribution in [0.4, 0.5) is 0 Å². The summed E-state index contributed by atoms with van der Waals surface area (Å²) in [4.78, 5) is 61.1. The first-order valence-corrected chi connectivity index (χ1v) is 19.7. The SMILES string of the molecule is CC(=O)N[C@@H]1[C@@H](O)[C@H](O[C@@H]2O[C@H](CO)[C@@H](O[C@@H]3O[C@H](CO[C@]4(C(=O)O)C[C@H](O)[C@@H](NC(C)=O)[C@H]([C@H](O)[C@H](O)CO)O4)[C@@H](O)[C@H](O)[C@H]3NC(C)=O)[C@H](O)[C@H]2NC(C)=O)[C@@H](CO)O[C@H]1O. The molecule has 0 unspecified atom stereocenters. The second kappa shape index (κ2) is 22.2. The van der Waals surface area contributed by atoms with Crippen LogP contribution < -0.4 is 21.3 Å². The fraction of sp³-hybridized carbons (Fsp3) is 0.857. The van der Waals surface area contributed by atoms with Gasteiger partial charge in [-0.05, 0) is 0 Å². The number of ether oxygens (including phenoxy) is 7. The van der Waals surface area contributed by atoms with E-state index in [9.17, 15) is 85.3 Å². The molecule has 4 saturated heterocycles. The van der Waals surface area contributed by atoms with Gasteiger partial charge in [0.25, 0.3) is 5.79 Å². The van der Waals surface area contributed by atoms with Crippen molar-refractivity contribution in [3.05, 3.63) is 0 Å². The summed E-state index contributed by atoms with van der Waals surface area (Å²) in [6.07, 6.45) is -30.7. The van der Waals surface area contributed by atoms with E-state index in [0.717, 1.165) is 27.7 Å². The summed E-state index contributed by atoms with van der Waals surface area (Å²) in [5.41, 5.74) is 0. The van der Waals surface area contributed by atoms with Crippen LogP contribution in [0, 0.1) is 0 Å². The monoisotopic (exact) mass is 918 g/mol. The molecule has 0 radical (unpaired) electrons. The number of carbonyl (C=O) groups is 5. The van der Waals surface area contributed by atoms with E-state index < -0.39 is 191 Å². The highest BCUT2D eigenvalue weighted by Crippen LogP contribution is 2.36. The predicted molar refractivity (Wildman–Crippen MR) is 197 cm³/mol. The van der Waals surface area contributed by atoms with Gasteiger partial charge in [0, 0.05) is 34.1 Å². The Kier molecular flexibility index (Phi) is 18.4. The number of rotatable bonds is 17. The predicted octanol–water partition coefficient (Wildman–Crippen LogP) is -9.97. The molecule has 16 N–H and O–H groups in total. The Morgan fingerprint density at radius 3 is 1.56 bits per heavy atom. The fourth-order valence-corrected chi connectivity index (χ4v) is 7.76. The molecule has 21 atom stereocenters. The number of hydrogen-bond donors (Lipinski definition) is 16. The maximum Gasteiger partial charge on any atom is 0.364 e. The molecule has 0 saturated carbocycles. The molecule has 0 aromatic carbocycles.